The van der Waals surface area contributed by atoms with Crippen molar-refractivity contribution in [1.82, 2.24) is 34.6 Å². The van der Waals surface area contributed by atoms with Crippen LogP contribution in [0, 0.1) is 6.92 Å². The average molecular weight is 412 g/mol. The minimum Gasteiger partial charge on any atom is -0.377 e. The van der Waals surface area contributed by atoms with E-state index in [-0.39, 0.29) is 12.4 Å². The van der Waals surface area contributed by atoms with Gasteiger partial charge in [-0.15, -0.1) is 5.10 Å². The maximum Gasteiger partial charge on any atom is 0.453 e. The normalized spacial score (nSPS) is 16.1. The Kier molecular flexibility index (Phi) is 5.08. The topological polar surface area (TPSA) is 97.7 Å². The van der Waals surface area contributed by atoms with Crippen molar-refractivity contribution in [2.75, 3.05) is 38.2 Å². The summed E-state index contributed by atoms with van der Waals surface area (Å²) in [6, 6.07) is 1.71. The average Bonchev–Trinajstić information content (AvgIpc) is 3.28. The molecule has 0 radical (unpaired) electrons. The molecule has 1 aliphatic heterocycles. The lowest BCUT2D eigenvalue weighted by Crippen LogP contribution is -2.46. The van der Waals surface area contributed by atoms with Gasteiger partial charge < -0.3 is 14.2 Å². The summed E-state index contributed by atoms with van der Waals surface area (Å²) in [4.78, 5) is 16.0. The smallest absolute Gasteiger partial charge is 0.377 e. The van der Waals surface area contributed by atoms with Gasteiger partial charge in [0.25, 0.3) is 11.6 Å². The van der Waals surface area contributed by atoms with E-state index in [9.17, 15) is 13.2 Å². The summed E-state index contributed by atoms with van der Waals surface area (Å²) in [6.45, 7) is 5.03. The minimum atomic E-state index is -4.62. The number of piperazine rings is 1. The van der Waals surface area contributed by atoms with E-state index in [2.05, 4.69) is 30.1 Å². The largest absolute Gasteiger partial charge is 0.453 e. The van der Waals surface area contributed by atoms with E-state index in [0.717, 1.165) is 4.52 Å². The van der Waals surface area contributed by atoms with Gasteiger partial charge in [0.15, 0.2) is 5.82 Å². The van der Waals surface area contributed by atoms with Crippen LogP contribution in [0.15, 0.2) is 10.6 Å². The Hall–Kier alpha value is -2.80. The van der Waals surface area contributed by atoms with Crippen LogP contribution in [0.1, 0.15) is 23.2 Å². The summed E-state index contributed by atoms with van der Waals surface area (Å²) in [7, 11) is 1.56. The first-order valence-electron chi connectivity index (χ1n) is 8.93. The maximum absolute atomic E-state index is 13.0. The molecular weight excluding hydrogens is 393 g/mol. The highest BCUT2D eigenvalue weighted by atomic mass is 19.4. The number of rotatable bonds is 5. The quantitative estimate of drug-likeness (QED) is 0.614. The fourth-order valence-electron chi connectivity index (χ4n) is 3.18. The van der Waals surface area contributed by atoms with Crippen LogP contribution in [-0.4, -0.2) is 67.9 Å². The molecule has 156 valence electrons. The van der Waals surface area contributed by atoms with E-state index in [1.54, 1.807) is 20.1 Å². The van der Waals surface area contributed by atoms with Crippen molar-refractivity contribution in [2.24, 2.45) is 0 Å². The van der Waals surface area contributed by atoms with Gasteiger partial charge in [-0.25, -0.2) is 4.98 Å². The fraction of sp³-hybridized carbons (Fsp3) is 0.562. The SMILES string of the molecule is COCc1noc(CN2CCN(c3cc(C)nc4nc(C(F)(F)F)nn34)CC2)n1. The number of aromatic nitrogens is 6. The van der Waals surface area contributed by atoms with Crippen LogP contribution in [0.25, 0.3) is 5.78 Å². The molecule has 3 aromatic rings. The molecule has 0 aliphatic carbocycles. The molecule has 4 heterocycles. The molecule has 3 aromatic heterocycles. The first-order valence-corrected chi connectivity index (χ1v) is 8.93. The summed E-state index contributed by atoms with van der Waals surface area (Å²) in [6.07, 6.45) is -4.62. The highest BCUT2D eigenvalue weighted by Crippen LogP contribution is 2.28. The molecule has 1 aliphatic rings. The number of hydrogen-bond donors (Lipinski definition) is 0. The molecule has 1 fully saturated rings. The first kappa shape index (κ1) is 19.5. The molecule has 0 N–H and O–H groups in total. The fourth-order valence-corrected chi connectivity index (χ4v) is 3.18. The lowest BCUT2D eigenvalue weighted by Gasteiger charge is -2.35. The standard InChI is InChI=1S/C16H19F3N8O2/c1-10-7-13(27-15(20-10)22-14(23-27)16(17,18)19)26-5-3-25(4-6-26)8-12-21-11(9-28-2)24-29-12/h7H,3-6,8-9H2,1-2H3. The number of halogens is 3. The molecule has 0 spiro atoms. The molecule has 29 heavy (non-hydrogen) atoms. The van der Waals surface area contributed by atoms with Crippen molar-refractivity contribution in [3.05, 3.63) is 29.3 Å². The summed E-state index contributed by atoms with van der Waals surface area (Å²) in [5.74, 6) is 0.265. The van der Waals surface area contributed by atoms with Gasteiger partial charge in [0, 0.05) is 45.0 Å². The van der Waals surface area contributed by atoms with Gasteiger partial charge in [-0.3, -0.25) is 4.90 Å². The number of hydrogen-bond acceptors (Lipinski definition) is 9. The molecular formula is C16H19F3N8O2. The summed E-state index contributed by atoms with van der Waals surface area (Å²) in [5, 5.41) is 7.46. The molecule has 0 bridgehead atoms. The van der Waals surface area contributed by atoms with Crippen LogP contribution in [0.4, 0.5) is 19.0 Å². The molecule has 13 heteroatoms. The van der Waals surface area contributed by atoms with Crippen molar-refractivity contribution in [3.63, 3.8) is 0 Å². The van der Waals surface area contributed by atoms with Gasteiger partial charge in [0.05, 0.1) is 6.54 Å². The second-order valence-electron chi connectivity index (χ2n) is 6.70. The lowest BCUT2D eigenvalue weighted by molar-refractivity contribution is -0.144. The summed E-state index contributed by atoms with van der Waals surface area (Å²) >= 11 is 0. The van der Waals surface area contributed by atoms with E-state index in [1.165, 1.54) is 0 Å². The summed E-state index contributed by atoms with van der Waals surface area (Å²) in [5.41, 5.74) is 0.576. The summed E-state index contributed by atoms with van der Waals surface area (Å²) < 4.78 is 50.3. The number of ether oxygens (including phenoxy) is 1. The van der Waals surface area contributed by atoms with Crippen LogP contribution in [0.2, 0.25) is 0 Å². The zero-order valence-corrected chi connectivity index (χ0v) is 15.8. The third-order valence-electron chi connectivity index (χ3n) is 4.51. The number of methoxy groups -OCH3 is 1. The van der Waals surface area contributed by atoms with Gasteiger partial charge in [-0.2, -0.15) is 27.7 Å². The van der Waals surface area contributed by atoms with Crippen LogP contribution in [0.3, 0.4) is 0 Å². The highest BCUT2D eigenvalue weighted by Gasteiger charge is 2.37. The van der Waals surface area contributed by atoms with Crippen LogP contribution in [-0.2, 0) is 24.1 Å². The number of fused-ring (bicyclic) bond motifs is 1. The highest BCUT2D eigenvalue weighted by molar-refractivity contribution is 5.48. The monoisotopic (exact) mass is 412 g/mol. The molecule has 0 atom stereocenters. The predicted octanol–water partition coefficient (Wildman–Crippen LogP) is 1.30. The third-order valence-corrected chi connectivity index (χ3v) is 4.51. The van der Waals surface area contributed by atoms with Crippen molar-refractivity contribution in [1.29, 1.82) is 0 Å². The Balaban J connectivity index is 1.47. The van der Waals surface area contributed by atoms with Gasteiger partial charge in [0.2, 0.25) is 5.89 Å². The minimum absolute atomic E-state index is 0.0636. The van der Waals surface area contributed by atoms with Crippen molar-refractivity contribution >= 4 is 11.6 Å². The Labute approximate surface area is 163 Å². The zero-order valence-electron chi connectivity index (χ0n) is 15.8. The van der Waals surface area contributed by atoms with Gasteiger partial charge in [0.1, 0.15) is 12.4 Å². The lowest BCUT2D eigenvalue weighted by atomic mass is 10.3. The Morgan fingerprint density at radius 2 is 1.90 bits per heavy atom. The molecule has 10 nitrogen and oxygen atoms in total. The number of nitrogens with zero attached hydrogens (tertiary/aromatic N) is 8. The first-order chi connectivity index (χ1) is 13.8. The Morgan fingerprint density at radius 1 is 1.14 bits per heavy atom. The van der Waals surface area contributed by atoms with E-state index in [1.807, 2.05) is 4.90 Å². The van der Waals surface area contributed by atoms with E-state index in [0.29, 0.717) is 56.0 Å². The maximum atomic E-state index is 13.0. The van der Waals surface area contributed by atoms with Crippen molar-refractivity contribution in [3.8, 4) is 0 Å². The van der Waals surface area contributed by atoms with Gasteiger partial charge >= 0.3 is 6.18 Å². The van der Waals surface area contributed by atoms with E-state index in [4.69, 9.17) is 9.26 Å². The Morgan fingerprint density at radius 3 is 2.59 bits per heavy atom. The third kappa shape index (κ3) is 4.15. The van der Waals surface area contributed by atoms with Crippen LogP contribution in [0.5, 0.6) is 0 Å². The molecule has 0 unspecified atom stereocenters. The predicted molar refractivity (Wildman–Crippen MR) is 93.0 cm³/mol. The Bertz CT molecular complexity index is 994. The molecule has 0 aromatic carbocycles. The van der Waals surface area contributed by atoms with Crippen LogP contribution >= 0.6 is 0 Å². The number of aryl methyl sites for hydroxylation is 1. The molecule has 1 saturated heterocycles. The molecule has 4 rings (SSSR count). The van der Waals surface area contributed by atoms with Crippen LogP contribution < -0.4 is 4.90 Å². The second kappa shape index (κ2) is 7.55. The number of alkyl halides is 3. The van der Waals surface area contributed by atoms with Gasteiger partial charge in [-0.1, -0.05) is 5.16 Å². The molecule has 0 amide bonds. The molecule has 0 saturated carbocycles. The van der Waals surface area contributed by atoms with E-state index >= 15 is 0 Å². The van der Waals surface area contributed by atoms with Crippen molar-refractivity contribution < 1.29 is 22.4 Å². The van der Waals surface area contributed by atoms with Crippen molar-refractivity contribution in [2.45, 2.75) is 26.3 Å². The van der Waals surface area contributed by atoms with E-state index < -0.39 is 12.0 Å². The number of anilines is 1. The zero-order chi connectivity index (χ0) is 20.6. The van der Waals surface area contributed by atoms with Gasteiger partial charge in [-0.05, 0) is 6.92 Å². The second-order valence-corrected chi connectivity index (χ2v) is 6.70.